The van der Waals surface area contributed by atoms with Gasteiger partial charge in [-0.2, -0.15) is 0 Å². The number of methoxy groups -OCH3 is 1. The minimum Gasteiger partial charge on any atom is -0.497 e. The molecule has 100 valence electrons. The quantitative estimate of drug-likeness (QED) is 0.892. The zero-order valence-corrected chi connectivity index (χ0v) is 11.0. The molecule has 0 fully saturated rings. The van der Waals surface area contributed by atoms with Gasteiger partial charge in [-0.1, -0.05) is 17.3 Å². The molecule has 0 saturated carbocycles. The van der Waals surface area contributed by atoms with Crippen LogP contribution in [-0.2, 0) is 6.42 Å². The molecule has 1 amide bonds. The van der Waals surface area contributed by atoms with Crippen LogP contribution in [0.25, 0.3) is 0 Å². The van der Waals surface area contributed by atoms with E-state index in [1.807, 2.05) is 24.3 Å². The molecule has 0 spiro atoms. The van der Waals surface area contributed by atoms with E-state index in [1.165, 1.54) is 6.20 Å². The van der Waals surface area contributed by atoms with Crippen molar-refractivity contribution in [3.05, 3.63) is 47.3 Å². The summed E-state index contributed by atoms with van der Waals surface area (Å²) in [6.07, 6.45) is 2.17. The van der Waals surface area contributed by atoms with Gasteiger partial charge in [0.15, 0.2) is 0 Å². The molecule has 0 bridgehead atoms. The maximum atomic E-state index is 11.8. The summed E-state index contributed by atoms with van der Waals surface area (Å²) >= 11 is 0. The van der Waals surface area contributed by atoms with Crippen molar-refractivity contribution in [1.82, 2.24) is 10.5 Å². The van der Waals surface area contributed by atoms with Crippen molar-refractivity contribution >= 4 is 5.91 Å². The number of benzene rings is 1. The van der Waals surface area contributed by atoms with Crippen LogP contribution in [0.2, 0.25) is 0 Å². The van der Waals surface area contributed by atoms with Crippen LogP contribution < -0.4 is 10.1 Å². The number of nitrogens with zero attached hydrogens (tertiary/aromatic N) is 1. The summed E-state index contributed by atoms with van der Waals surface area (Å²) in [7, 11) is 1.63. The van der Waals surface area contributed by atoms with Crippen molar-refractivity contribution < 1.29 is 14.1 Å². The molecule has 2 rings (SSSR count). The number of ether oxygens (including phenoxy) is 1. The number of aryl methyl sites for hydroxylation is 1. The maximum absolute atomic E-state index is 11.8. The summed E-state index contributed by atoms with van der Waals surface area (Å²) in [6, 6.07) is 7.78. The number of rotatable bonds is 5. The SMILES string of the molecule is COc1cccc(CCNC(=O)c2cnoc2C)c1. The zero-order valence-electron chi connectivity index (χ0n) is 11.0. The third-order valence-electron chi connectivity index (χ3n) is 2.83. The van der Waals surface area contributed by atoms with Gasteiger partial charge in [0.25, 0.3) is 5.91 Å². The highest BCUT2D eigenvalue weighted by Crippen LogP contribution is 2.12. The van der Waals surface area contributed by atoms with E-state index in [-0.39, 0.29) is 5.91 Å². The fraction of sp³-hybridized carbons (Fsp3) is 0.286. The van der Waals surface area contributed by atoms with Crippen molar-refractivity contribution in [2.75, 3.05) is 13.7 Å². The molecule has 0 atom stereocenters. The lowest BCUT2D eigenvalue weighted by Gasteiger charge is -2.06. The molecule has 0 unspecified atom stereocenters. The number of hydrogen-bond acceptors (Lipinski definition) is 4. The first-order chi connectivity index (χ1) is 9.20. The normalized spacial score (nSPS) is 10.2. The molecule has 1 aromatic heterocycles. The third kappa shape index (κ3) is 3.34. The molecule has 0 saturated heterocycles. The first-order valence-electron chi connectivity index (χ1n) is 6.03. The molecule has 0 aliphatic rings. The van der Waals surface area contributed by atoms with Crippen molar-refractivity contribution in [2.24, 2.45) is 0 Å². The summed E-state index contributed by atoms with van der Waals surface area (Å²) < 4.78 is 10.0. The second-order valence-corrected chi connectivity index (χ2v) is 4.15. The van der Waals surface area contributed by atoms with Gasteiger partial charge in [-0.15, -0.1) is 0 Å². The summed E-state index contributed by atoms with van der Waals surface area (Å²) in [4.78, 5) is 11.8. The van der Waals surface area contributed by atoms with Crippen LogP contribution in [0.3, 0.4) is 0 Å². The van der Waals surface area contributed by atoms with Crippen LogP contribution in [0.15, 0.2) is 35.0 Å². The number of carbonyl (C=O) groups excluding carboxylic acids is 1. The summed E-state index contributed by atoms with van der Waals surface area (Å²) in [6.45, 7) is 2.26. The van der Waals surface area contributed by atoms with E-state index in [4.69, 9.17) is 9.26 Å². The Kier molecular flexibility index (Phi) is 4.18. The van der Waals surface area contributed by atoms with E-state index < -0.39 is 0 Å². The van der Waals surface area contributed by atoms with Crippen LogP contribution in [-0.4, -0.2) is 24.7 Å². The molecule has 2 aromatic rings. The van der Waals surface area contributed by atoms with Crippen LogP contribution in [0, 0.1) is 6.92 Å². The lowest BCUT2D eigenvalue weighted by Crippen LogP contribution is -2.25. The third-order valence-corrected chi connectivity index (χ3v) is 2.83. The van der Waals surface area contributed by atoms with Gasteiger partial charge in [0.1, 0.15) is 17.1 Å². The van der Waals surface area contributed by atoms with Crippen LogP contribution >= 0.6 is 0 Å². The number of aromatic nitrogens is 1. The summed E-state index contributed by atoms with van der Waals surface area (Å²) in [5.41, 5.74) is 1.59. The zero-order chi connectivity index (χ0) is 13.7. The van der Waals surface area contributed by atoms with Crippen molar-refractivity contribution in [3.8, 4) is 5.75 Å². The molecule has 19 heavy (non-hydrogen) atoms. The Bertz CT molecular complexity index is 563. The van der Waals surface area contributed by atoms with Crippen molar-refractivity contribution in [2.45, 2.75) is 13.3 Å². The lowest BCUT2D eigenvalue weighted by atomic mass is 10.1. The maximum Gasteiger partial charge on any atom is 0.256 e. The monoisotopic (exact) mass is 260 g/mol. The predicted octanol–water partition coefficient (Wildman–Crippen LogP) is 1.96. The Balaban J connectivity index is 1.86. The van der Waals surface area contributed by atoms with E-state index in [1.54, 1.807) is 14.0 Å². The van der Waals surface area contributed by atoms with E-state index >= 15 is 0 Å². The fourth-order valence-corrected chi connectivity index (χ4v) is 1.76. The highest BCUT2D eigenvalue weighted by Gasteiger charge is 2.11. The van der Waals surface area contributed by atoms with Gasteiger partial charge >= 0.3 is 0 Å². The molecule has 5 heteroatoms. The summed E-state index contributed by atoms with van der Waals surface area (Å²) in [5, 5.41) is 6.41. The Morgan fingerprint density at radius 2 is 2.32 bits per heavy atom. The van der Waals surface area contributed by atoms with Gasteiger partial charge in [0.05, 0.1) is 13.3 Å². The predicted molar refractivity (Wildman–Crippen MR) is 70.3 cm³/mol. The first kappa shape index (κ1) is 13.1. The Morgan fingerprint density at radius 1 is 1.47 bits per heavy atom. The molecule has 5 nitrogen and oxygen atoms in total. The molecule has 0 radical (unpaired) electrons. The Hall–Kier alpha value is -2.30. The number of nitrogens with one attached hydrogen (secondary N) is 1. The standard InChI is InChI=1S/C14H16N2O3/c1-10-13(9-16-19-10)14(17)15-7-6-11-4-3-5-12(8-11)18-2/h3-5,8-9H,6-7H2,1-2H3,(H,15,17). The van der Waals surface area contributed by atoms with Crippen LogP contribution in [0.5, 0.6) is 5.75 Å². The van der Waals surface area contributed by atoms with E-state index in [0.29, 0.717) is 17.9 Å². The van der Waals surface area contributed by atoms with Crippen molar-refractivity contribution in [1.29, 1.82) is 0 Å². The molecule has 1 N–H and O–H groups in total. The lowest BCUT2D eigenvalue weighted by molar-refractivity contribution is 0.0952. The molecular weight excluding hydrogens is 244 g/mol. The average molecular weight is 260 g/mol. The van der Waals surface area contributed by atoms with Crippen LogP contribution in [0.1, 0.15) is 21.7 Å². The number of hydrogen-bond donors (Lipinski definition) is 1. The van der Waals surface area contributed by atoms with Gasteiger partial charge in [0.2, 0.25) is 0 Å². The molecular formula is C14H16N2O3. The highest BCUT2D eigenvalue weighted by molar-refractivity contribution is 5.94. The second-order valence-electron chi connectivity index (χ2n) is 4.15. The van der Waals surface area contributed by atoms with Crippen molar-refractivity contribution in [3.63, 3.8) is 0 Å². The van der Waals surface area contributed by atoms with Gasteiger partial charge in [-0.05, 0) is 31.0 Å². The summed E-state index contributed by atoms with van der Waals surface area (Å²) in [5.74, 6) is 1.18. The smallest absolute Gasteiger partial charge is 0.256 e. The van der Waals surface area contributed by atoms with E-state index in [9.17, 15) is 4.79 Å². The highest BCUT2D eigenvalue weighted by atomic mass is 16.5. The van der Waals surface area contributed by atoms with Crippen LogP contribution in [0.4, 0.5) is 0 Å². The molecule has 1 aromatic carbocycles. The molecule has 0 aliphatic carbocycles. The molecule has 1 heterocycles. The Morgan fingerprint density at radius 3 is 3.00 bits per heavy atom. The minimum absolute atomic E-state index is 0.165. The Labute approximate surface area is 111 Å². The topological polar surface area (TPSA) is 64.4 Å². The van der Waals surface area contributed by atoms with E-state index in [2.05, 4.69) is 10.5 Å². The van der Waals surface area contributed by atoms with Gasteiger partial charge < -0.3 is 14.6 Å². The molecule has 0 aliphatic heterocycles. The van der Waals surface area contributed by atoms with Gasteiger partial charge in [-0.25, -0.2) is 0 Å². The fourth-order valence-electron chi connectivity index (χ4n) is 1.76. The average Bonchev–Trinajstić information content (AvgIpc) is 2.85. The van der Waals surface area contributed by atoms with Gasteiger partial charge in [0, 0.05) is 6.54 Å². The van der Waals surface area contributed by atoms with Gasteiger partial charge in [-0.3, -0.25) is 4.79 Å². The second kappa shape index (κ2) is 6.04. The number of amides is 1. The number of carbonyl (C=O) groups is 1. The largest absolute Gasteiger partial charge is 0.497 e. The van der Waals surface area contributed by atoms with E-state index in [0.717, 1.165) is 17.7 Å². The first-order valence-corrected chi connectivity index (χ1v) is 6.03. The minimum atomic E-state index is -0.165.